The highest BCUT2D eigenvalue weighted by Gasteiger charge is 2.05. The molecule has 0 spiro atoms. The lowest BCUT2D eigenvalue weighted by atomic mass is 10.4. The van der Waals surface area contributed by atoms with Crippen molar-refractivity contribution in [3.8, 4) is 11.6 Å². The zero-order valence-corrected chi connectivity index (χ0v) is 8.05. The van der Waals surface area contributed by atoms with Crippen molar-refractivity contribution >= 4 is 15.9 Å². The van der Waals surface area contributed by atoms with Gasteiger partial charge < -0.3 is 9.40 Å². The molecule has 0 atom stereocenters. The first kappa shape index (κ1) is 7.61. The third-order valence-electron chi connectivity index (χ3n) is 1.52. The number of furan rings is 1. The average Bonchev–Trinajstić information content (AvgIpc) is 2.58. The molecule has 0 saturated carbocycles. The maximum Gasteiger partial charge on any atom is 0.174 e. The van der Waals surface area contributed by atoms with E-state index in [0.29, 0.717) is 0 Å². The van der Waals surface area contributed by atoms with Crippen LogP contribution in [0.15, 0.2) is 27.3 Å². The number of hydrogen-bond acceptors (Lipinski definition) is 2. The summed E-state index contributed by atoms with van der Waals surface area (Å²) in [6.45, 7) is 1.90. The number of nitrogens with one attached hydrogen (secondary N) is 1. The summed E-state index contributed by atoms with van der Waals surface area (Å²) in [5, 5.41) is 0. The van der Waals surface area contributed by atoms with Crippen LogP contribution in [-0.2, 0) is 0 Å². The molecule has 0 unspecified atom stereocenters. The number of H-pyrrole nitrogens is 1. The van der Waals surface area contributed by atoms with Crippen LogP contribution in [0.25, 0.3) is 11.6 Å². The molecule has 62 valence electrons. The Labute approximate surface area is 77.9 Å². The van der Waals surface area contributed by atoms with E-state index in [1.165, 1.54) is 0 Å². The first-order chi connectivity index (χ1) is 5.75. The van der Waals surface area contributed by atoms with Crippen molar-refractivity contribution in [1.82, 2.24) is 9.97 Å². The van der Waals surface area contributed by atoms with Crippen LogP contribution in [-0.4, -0.2) is 9.97 Å². The van der Waals surface area contributed by atoms with Crippen molar-refractivity contribution in [1.29, 1.82) is 0 Å². The summed E-state index contributed by atoms with van der Waals surface area (Å²) in [5.74, 6) is 2.39. The van der Waals surface area contributed by atoms with Crippen LogP contribution in [0.4, 0.5) is 0 Å². The Morgan fingerprint density at radius 1 is 1.50 bits per heavy atom. The molecule has 0 aromatic carbocycles. The molecule has 2 heterocycles. The van der Waals surface area contributed by atoms with Crippen molar-refractivity contribution in [2.75, 3.05) is 0 Å². The van der Waals surface area contributed by atoms with Crippen LogP contribution in [0.3, 0.4) is 0 Å². The number of aromatic amines is 1. The lowest BCUT2D eigenvalue weighted by Gasteiger charge is -1.87. The SMILES string of the molecule is Cc1ccc(-c2ncc(Br)[nH]2)o1. The molecule has 4 heteroatoms. The highest BCUT2D eigenvalue weighted by atomic mass is 79.9. The van der Waals surface area contributed by atoms with Crippen LogP contribution in [0.1, 0.15) is 5.76 Å². The lowest BCUT2D eigenvalue weighted by Crippen LogP contribution is -1.74. The summed E-state index contributed by atoms with van der Waals surface area (Å²) in [4.78, 5) is 7.12. The molecule has 0 fully saturated rings. The second-order valence-electron chi connectivity index (χ2n) is 2.49. The molecule has 0 aliphatic rings. The van der Waals surface area contributed by atoms with Crippen molar-refractivity contribution in [2.24, 2.45) is 0 Å². The monoisotopic (exact) mass is 226 g/mol. The quantitative estimate of drug-likeness (QED) is 0.813. The van der Waals surface area contributed by atoms with Gasteiger partial charge in [0.15, 0.2) is 11.6 Å². The Bertz CT molecular complexity index is 353. The van der Waals surface area contributed by atoms with Gasteiger partial charge in [0.2, 0.25) is 0 Å². The van der Waals surface area contributed by atoms with E-state index in [2.05, 4.69) is 25.9 Å². The molecule has 1 N–H and O–H groups in total. The number of imidazole rings is 1. The number of aryl methyl sites for hydroxylation is 1. The Hall–Kier alpha value is -1.03. The largest absolute Gasteiger partial charge is 0.458 e. The van der Waals surface area contributed by atoms with Gasteiger partial charge in [0.25, 0.3) is 0 Å². The third-order valence-corrected chi connectivity index (χ3v) is 1.92. The van der Waals surface area contributed by atoms with Gasteiger partial charge in [0.1, 0.15) is 10.4 Å². The normalized spacial score (nSPS) is 10.5. The maximum absolute atomic E-state index is 5.37. The molecule has 3 nitrogen and oxygen atoms in total. The van der Waals surface area contributed by atoms with E-state index in [0.717, 1.165) is 21.9 Å². The third kappa shape index (κ3) is 1.30. The number of aromatic nitrogens is 2. The molecule has 2 aromatic heterocycles. The molecule has 0 radical (unpaired) electrons. The van der Waals surface area contributed by atoms with Crippen molar-refractivity contribution < 1.29 is 4.42 Å². The smallest absolute Gasteiger partial charge is 0.174 e. The van der Waals surface area contributed by atoms with Gasteiger partial charge in [-0.15, -0.1) is 0 Å². The molecule has 2 rings (SSSR count). The highest BCUT2D eigenvalue weighted by molar-refractivity contribution is 9.10. The summed E-state index contributed by atoms with van der Waals surface area (Å²) in [6, 6.07) is 3.80. The molecule has 0 bridgehead atoms. The first-order valence-corrected chi connectivity index (χ1v) is 4.32. The number of nitrogens with zero attached hydrogens (tertiary/aromatic N) is 1. The lowest BCUT2D eigenvalue weighted by molar-refractivity contribution is 0.545. The molecular weight excluding hydrogens is 220 g/mol. The number of halogens is 1. The fourth-order valence-electron chi connectivity index (χ4n) is 0.986. The van der Waals surface area contributed by atoms with E-state index < -0.39 is 0 Å². The van der Waals surface area contributed by atoms with Crippen LogP contribution in [0, 0.1) is 6.92 Å². The van der Waals surface area contributed by atoms with Gasteiger partial charge in [-0.3, -0.25) is 0 Å². The van der Waals surface area contributed by atoms with Crippen LogP contribution < -0.4 is 0 Å². The van der Waals surface area contributed by atoms with E-state index >= 15 is 0 Å². The van der Waals surface area contributed by atoms with Gasteiger partial charge in [-0.2, -0.15) is 0 Å². The van der Waals surface area contributed by atoms with E-state index in [9.17, 15) is 0 Å². The first-order valence-electron chi connectivity index (χ1n) is 3.53. The molecule has 12 heavy (non-hydrogen) atoms. The summed E-state index contributed by atoms with van der Waals surface area (Å²) in [5.41, 5.74) is 0. The predicted molar refractivity (Wildman–Crippen MR) is 48.7 cm³/mol. The zero-order chi connectivity index (χ0) is 8.55. The molecule has 0 saturated heterocycles. The van der Waals surface area contributed by atoms with Crippen LogP contribution in [0.2, 0.25) is 0 Å². The van der Waals surface area contributed by atoms with E-state index in [4.69, 9.17) is 4.42 Å². The standard InChI is InChI=1S/C8H7BrN2O/c1-5-2-3-6(12-5)8-10-4-7(9)11-8/h2-4H,1H3,(H,10,11). The van der Waals surface area contributed by atoms with Gasteiger partial charge >= 0.3 is 0 Å². The van der Waals surface area contributed by atoms with Gasteiger partial charge in [-0.25, -0.2) is 4.98 Å². The van der Waals surface area contributed by atoms with Gasteiger partial charge in [-0.05, 0) is 35.0 Å². The van der Waals surface area contributed by atoms with Gasteiger partial charge in [0.05, 0.1) is 6.20 Å². The van der Waals surface area contributed by atoms with Crippen molar-refractivity contribution in [3.63, 3.8) is 0 Å². The fraction of sp³-hybridized carbons (Fsp3) is 0.125. The molecular formula is C8H7BrN2O. The number of hydrogen-bond donors (Lipinski definition) is 1. The fourth-order valence-corrected chi connectivity index (χ4v) is 1.28. The Kier molecular flexibility index (Phi) is 1.77. The van der Waals surface area contributed by atoms with Gasteiger partial charge in [-0.1, -0.05) is 0 Å². The minimum atomic E-state index is 0.745. The Morgan fingerprint density at radius 3 is 2.83 bits per heavy atom. The molecule has 0 amide bonds. The Balaban J connectivity index is 2.43. The van der Waals surface area contributed by atoms with E-state index in [1.807, 2.05) is 19.1 Å². The summed E-state index contributed by atoms with van der Waals surface area (Å²) in [7, 11) is 0. The van der Waals surface area contributed by atoms with E-state index in [-0.39, 0.29) is 0 Å². The second kappa shape index (κ2) is 2.79. The molecule has 0 aliphatic carbocycles. The van der Waals surface area contributed by atoms with Crippen LogP contribution >= 0.6 is 15.9 Å². The highest BCUT2D eigenvalue weighted by Crippen LogP contribution is 2.19. The molecule has 0 aliphatic heterocycles. The average molecular weight is 227 g/mol. The van der Waals surface area contributed by atoms with Crippen LogP contribution in [0.5, 0.6) is 0 Å². The number of rotatable bonds is 1. The second-order valence-corrected chi connectivity index (χ2v) is 3.34. The van der Waals surface area contributed by atoms with Gasteiger partial charge in [0, 0.05) is 0 Å². The molecule has 2 aromatic rings. The summed E-state index contributed by atoms with van der Waals surface area (Å²) >= 11 is 3.28. The minimum Gasteiger partial charge on any atom is -0.458 e. The summed E-state index contributed by atoms with van der Waals surface area (Å²) in [6.07, 6.45) is 1.70. The van der Waals surface area contributed by atoms with E-state index in [1.54, 1.807) is 6.20 Å². The topological polar surface area (TPSA) is 41.8 Å². The predicted octanol–water partition coefficient (Wildman–Crippen LogP) is 2.74. The van der Waals surface area contributed by atoms with Crippen molar-refractivity contribution in [3.05, 3.63) is 28.7 Å². The zero-order valence-electron chi connectivity index (χ0n) is 6.47. The maximum atomic E-state index is 5.37. The summed E-state index contributed by atoms with van der Waals surface area (Å²) < 4.78 is 6.22. The van der Waals surface area contributed by atoms with Crippen molar-refractivity contribution in [2.45, 2.75) is 6.92 Å². The minimum absolute atomic E-state index is 0.745. The Morgan fingerprint density at radius 2 is 2.33 bits per heavy atom.